The fourth-order valence-corrected chi connectivity index (χ4v) is 4.03. The molecule has 0 unspecified atom stereocenters. The van der Waals surface area contributed by atoms with Crippen LogP contribution in [0.5, 0.6) is 0 Å². The third-order valence-electron chi connectivity index (χ3n) is 4.43. The number of carbonyl (C=O) groups excluding carboxylic acids is 1. The Bertz CT molecular complexity index is 916. The van der Waals surface area contributed by atoms with Gasteiger partial charge in [0.2, 0.25) is 5.91 Å². The highest BCUT2D eigenvalue weighted by Crippen LogP contribution is 2.30. The predicted molar refractivity (Wildman–Crippen MR) is 96.2 cm³/mol. The van der Waals surface area contributed by atoms with Gasteiger partial charge in [-0.2, -0.15) is 0 Å². The van der Waals surface area contributed by atoms with Crippen molar-refractivity contribution in [3.8, 4) is 10.6 Å². The van der Waals surface area contributed by atoms with Gasteiger partial charge in [0.25, 0.3) is 0 Å². The molecule has 126 valence electrons. The molecule has 25 heavy (non-hydrogen) atoms. The van der Waals surface area contributed by atoms with Crippen LogP contribution in [0.15, 0.2) is 48.5 Å². The maximum absolute atomic E-state index is 11.9. The van der Waals surface area contributed by atoms with Crippen molar-refractivity contribution in [1.82, 2.24) is 9.88 Å². The molecule has 1 amide bonds. The van der Waals surface area contributed by atoms with Gasteiger partial charge in [-0.25, -0.2) is 4.98 Å². The van der Waals surface area contributed by atoms with Crippen molar-refractivity contribution < 1.29 is 14.7 Å². The zero-order chi connectivity index (χ0) is 17.4. The second-order valence-corrected chi connectivity index (χ2v) is 7.23. The smallest absolute Gasteiger partial charge is 0.308 e. The second kappa shape index (κ2) is 6.29. The topological polar surface area (TPSA) is 70.5 Å². The molecule has 1 saturated heterocycles. The Labute approximate surface area is 148 Å². The molecule has 1 aliphatic rings. The first kappa shape index (κ1) is 15.8. The van der Waals surface area contributed by atoms with Crippen LogP contribution in [0.25, 0.3) is 20.8 Å². The second-order valence-electron chi connectivity index (χ2n) is 6.20. The summed E-state index contributed by atoms with van der Waals surface area (Å²) in [6, 6.07) is 16.0. The summed E-state index contributed by atoms with van der Waals surface area (Å²) in [5, 5.41) is 10.0. The first-order valence-electron chi connectivity index (χ1n) is 8.05. The normalized spacial score (nSPS) is 17.4. The van der Waals surface area contributed by atoms with Crippen molar-refractivity contribution in [3.05, 3.63) is 54.1 Å². The quantitative estimate of drug-likeness (QED) is 0.781. The molecule has 2 heterocycles. The lowest BCUT2D eigenvalue weighted by atomic mass is 10.1. The van der Waals surface area contributed by atoms with E-state index in [-0.39, 0.29) is 18.9 Å². The number of carboxylic acids is 1. The van der Waals surface area contributed by atoms with Crippen LogP contribution >= 0.6 is 11.3 Å². The van der Waals surface area contributed by atoms with Gasteiger partial charge in [0, 0.05) is 25.1 Å². The van der Waals surface area contributed by atoms with Gasteiger partial charge < -0.3 is 10.0 Å². The number of hydrogen-bond donors (Lipinski definition) is 1. The van der Waals surface area contributed by atoms with Crippen molar-refractivity contribution in [1.29, 1.82) is 0 Å². The molecule has 6 heteroatoms. The van der Waals surface area contributed by atoms with Gasteiger partial charge in [-0.3, -0.25) is 9.59 Å². The van der Waals surface area contributed by atoms with Gasteiger partial charge in [-0.05, 0) is 17.7 Å². The van der Waals surface area contributed by atoms with Gasteiger partial charge in [-0.1, -0.05) is 36.4 Å². The van der Waals surface area contributed by atoms with Crippen molar-refractivity contribution in [2.24, 2.45) is 5.92 Å². The summed E-state index contributed by atoms with van der Waals surface area (Å²) in [5.74, 6) is -1.58. The van der Waals surface area contributed by atoms with Crippen LogP contribution < -0.4 is 0 Å². The number of rotatable bonds is 4. The zero-order valence-electron chi connectivity index (χ0n) is 13.4. The lowest BCUT2D eigenvalue weighted by Crippen LogP contribution is -2.25. The number of likely N-dealkylation sites (tertiary alicyclic amines) is 1. The number of aliphatic carboxylic acids is 1. The number of para-hydroxylation sites is 1. The highest BCUT2D eigenvalue weighted by atomic mass is 32.1. The Hall–Kier alpha value is -2.73. The molecule has 2 aromatic carbocycles. The van der Waals surface area contributed by atoms with Crippen molar-refractivity contribution in [2.75, 3.05) is 6.54 Å². The fourth-order valence-electron chi connectivity index (χ4n) is 3.06. The molecular formula is C19H16N2O3S. The van der Waals surface area contributed by atoms with E-state index < -0.39 is 11.9 Å². The molecular weight excluding hydrogens is 336 g/mol. The SMILES string of the molecule is O=C(O)[C@H]1CC(=O)N(Cc2ccc(-c3nc4ccccc4s3)cc2)C1. The summed E-state index contributed by atoms with van der Waals surface area (Å²) in [7, 11) is 0. The maximum atomic E-state index is 11.9. The summed E-state index contributed by atoms with van der Waals surface area (Å²) in [6.45, 7) is 0.733. The summed E-state index contributed by atoms with van der Waals surface area (Å²) in [6.07, 6.45) is 0.0964. The number of nitrogens with zero attached hydrogens (tertiary/aromatic N) is 2. The van der Waals surface area contributed by atoms with E-state index >= 15 is 0 Å². The molecule has 1 N–H and O–H groups in total. The van der Waals surface area contributed by atoms with E-state index in [0.29, 0.717) is 6.54 Å². The summed E-state index contributed by atoms with van der Waals surface area (Å²) >= 11 is 1.65. The Balaban J connectivity index is 1.50. The third-order valence-corrected chi connectivity index (χ3v) is 5.52. The van der Waals surface area contributed by atoms with E-state index in [1.165, 1.54) is 0 Å². The van der Waals surface area contributed by atoms with Gasteiger partial charge in [0.15, 0.2) is 0 Å². The molecule has 1 fully saturated rings. The molecule has 1 atom stereocenters. The Morgan fingerprint density at radius 1 is 1.20 bits per heavy atom. The minimum absolute atomic E-state index is 0.0948. The van der Waals surface area contributed by atoms with E-state index in [9.17, 15) is 9.59 Å². The monoisotopic (exact) mass is 352 g/mol. The highest BCUT2D eigenvalue weighted by Gasteiger charge is 2.33. The van der Waals surface area contributed by atoms with E-state index in [4.69, 9.17) is 5.11 Å². The summed E-state index contributed by atoms with van der Waals surface area (Å²) in [4.78, 5) is 29.2. The van der Waals surface area contributed by atoms with Crippen LogP contribution in [-0.2, 0) is 16.1 Å². The van der Waals surface area contributed by atoms with Gasteiger partial charge in [0.05, 0.1) is 16.1 Å². The third kappa shape index (κ3) is 3.13. The maximum Gasteiger partial charge on any atom is 0.308 e. The van der Waals surface area contributed by atoms with Crippen molar-refractivity contribution in [3.63, 3.8) is 0 Å². The largest absolute Gasteiger partial charge is 0.481 e. The van der Waals surface area contributed by atoms with E-state index in [1.54, 1.807) is 16.2 Å². The van der Waals surface area contributed by atoms with E-state index in [0.717, 1.165) is 26.4 Å². The molecule has 0 radical (unpaired) electrons. The van der Waals surface area contributed by atoms with Crippen LogP contribution in [0, 0.1) is 5.92 Å². The Kier molecular flexibility index (Phi) is 3.97. The van der Waals surface area contributed by atoms with Crippen LogP contribution in [0.4, 0.5) is 0 Å². The van der Waals surface area contributed by atoms with E-state index in [2.05, 4.69) is 11.1 Å². The van der Waals surface area contributed by atoms with Crippen LogP contribution in [-0.4, -0.2) is 33.4 Å². The molecule has 5 nitrogen and oxygen atoms in total. The van der Waals surface area contributed by atoms with Gasteiger partial charge in [-0.15, -0.1) is 11.3 Å². The highest BCUT2D eigenvalue weighted by molar-refractivity contribution is 7.21. The van der Waals surface area contributed by atoms with Crippen LogP contribution in [0.1, 0.15) is 12.0 Å². The molecule has 0 aliphatic carbocycles. The zero-order valence-corrected chi connectivity index (χ0v) is 14.2. The van der Waals surface area contributed by atoms with Crippen LogP contribution in [0.3, 0.4) is 0 Å². The average molecular weight is 352 g/mol. The summed E-state index contributed by atoms with van der Waals surface area (Å²) in [5.41, 5.74) is 3.03. The van der Waals surface area contributed by atoms with Crippen molar-refractivity contribution in [2.45, 2.75) is 13.0 Å². The van der Waals surface area contributed by atoms with Gasteiger partial charge >= 0.3 is 5.97 Å². The number of carboxylic acid groups (broad SMARTS) is 1. The standard InChI is InChI=1S/C19H16N2O3S/c22-17-9-14(19(23)24)11-21(17)10-12-5-7-13(8-6-12)18-20-15-3-1-2-4-16(15)25-18/h1-8,14H,9-11H2,(H,23,24)/t14-/m0/s1. The van der Waals surface area contributed by atoms with Gasteiger partial charge in [0.1, 0.15) is 5.01 Å². The Morgan fingerprint density at radius 3 is 2.64 bits per heavy atom. The number of aromatic nitrogens is 1. The number of hydrogen-bond acceptors (Lipinski definition) is 4. The number of thiazole rings is 1. The minimum atomic E-state index is -0.901. The molecule has 3 aromatic rings. The number of carbonyl (C=O) groups is 2. The molecule has 4 rings (SSSR count). The average Bonchev–Trinajstić information content (AvgIpc) is 3.20. The number of amides is 1. The molecule has 0 bridgehead atoms. The molecule has 1 aromatic heterocycles. The molecule has 1 aliphatic heterocycles. The molecule has 0 saturated carbocycles. The summed E-state index contributed by atoms with van der Waals surface area (Å²) < 4.78 is 1.16. The Morgan fingerprint density at radius 2 is 1.96 bits per heavy atom. The lowest BCUT2D eigenvalue weighted by molar-refractivity contribution is -0.141. The van der Waals surface area contributed by atoms with Crippen LogP contribution in [0.2, 0.25) is 0 Å². The molecule has 0 spiro atoms. The first-order chi connectivity index (χ1) is 12.1. The number of fused-ring (bicyclic) bond motifs is 1. The van der Waals surface area contributed by atoms with E-state index in [1.807, 2.05) is 42.5 Å². The lowest BCUT2D eigenvalue weighted by Gasteiger charge is -2.16. The minimum Gasteiger partial charge on any atom is -0.481 e. The first-order valence-corrected chi connectivity index (χ1v) is 8.87. The predicted octanol–water partition coefficient (Wildman–Crippen LogP) is 3.40. The van der Waals surface area contributed by atoms with Crippen molar-refractivity contribution >= 4 is 33.4 Å². The fraction of sp³-hybridized carbons (Fsp3) is 0.211. The number of benzene rings is 2.